The van der Waals surface area contributed by atoms with Gasteiger partial charge in [0.2, 0.25) is 11.7 Å². The first-order valence-corrected chi connectivity index (χ1v) is 6.40. The molecule has 5 nitrogen and oxygen atoms in total. The standard InChI is InChI=1S/C13H17N3O2/c1-14-11-4-2-9(3-5-11)13-15-12(16-18-13)10-6-7-17-8-10/h6-9,11,14H,2-5H2,1H3. The second kappa shape index (κ2) is 4.94. The minimum atomic E-state index is 0.405. The van der Waals surface area contributed by atoms with Crippen molar-refractivity contribution in [1.29, 1.82) is 0 Å². The van der Waals surface area contributed by atoms with Crippen LogP contribution < -0.4 is 5.32 Å². The minimum absolute atomic E-state index is 0.405. The van der Waals surface area contributed by atoms with Crippen LogP contribution in [0.25, 0.3) is 11.4 Å². The van der Waals surface area contributed by atoms with Crippen LogP contribution >= 0.6 is 0 Å². The molecule has 1 aliphatic rings. The molecule has 2 aromatic heterocycles. The van der Waals surface area contributed by atoms with Crippen molar-refractivity contribution < 1.29 is 8.94 Å². The van der Waals surface area contributed by atoms with E-state index in [4.69, 9.17) is 8.94 Å². The monoisotopic (exact) mass is 247 g/mol. The summed E-state index contributed by atoms with van der Waals surface area (Å²) >= 11 is 0. The summed E-state index contributed by atoms with van der Waals surface area (Å²) in [6, 6.07) is 2.48. The van der Waals surface area contributed by atoms with Gasteiger partial charge in [0.15, 0.2) is 0 Å². The third-order valence-electron chi connectivity index (χ3n) is 3.71. The smallest absolute Gasteiger partial charge is 0.230 e. The molecule has 2 heterocycles. The van der Waals surface area contributed by atoms with Crippen molar-refractivity contribution in [2.75, 3.05) is 7.05 Å². The van der Waals surface area contributed by atoms with Gasteiger partial charge < -0.3 is 14.3 Å². The third kappa shape index (κ3) is 2.18. The van der Waals surface area contributed by atoms with Crippen molar-refractivity contribution in [2.24, 2.45) is 0 Å². The lowest BCUT2D eigenvalue weighted by molar-refractivity contribution is 0.289. The number of nitrogens with zero attached hydrogens (tertiary/aromatic N) is 2. The Labute approximate surface area is 106 Å². The van der Waals surface area contributed by atoms with Gasteiger partial charge in [-0.25, -0.2) is 0 Å². The summed E-state index contributed by atoms with van der Waals surface area (Å²) in [7, 11) is 2.02. The number of aromatic nitrogens is 2. The van der Waals surface area contributed by atoms with Crippen LogP contribution in [-0.2, 0) is 0 Å². The van der Waals surface area contributed by atoms with E-state index >= 15 is 0 Å². The van der Waals surface area contributed by atoms with Crippen molar-refractivity contribution >= 4 is 0 Å². The lowest BCUT2D eigenvalue weighted by Gasteiger charge is -2.25. The summed E-state index contributed by atoms with van der Waals surface area (Å²) in [4.78, 5) is 4.47. The zero-order valence-corrected chi connectivity index (χ0v) is 10.4. The molecule has 2 aromatic rings. The molecule has 0 aromatic carbocycles. The number of furan rings is 1. The second-order valence-corrected chi connectivity index (χ2v) is 4.81. The quantitative estimate of drug-likeness (QED) is 0.903. The van der Waals surface area contributed by atoms with Gasteiger partial charge in [-0.15, -0.1) is 0 Å². The van der Waals surface area contributed by atoms with Crippen LogP contribution in [0, 0.1) is 0 Å². The molecular formula is C13H17N3O2. The van der Waals surface area contributed by atoms with E-state index in [-0.39, 0.29) is 0 Å². The second-order valence-electron chi connectivity index (χ2n) is 4.81. The molecule has 0 unspecified atom stereocenters. The van der Waals surface area contributed by atoms with Crippen molar-refractivity contribution in [3.8, 4) is 11.4 Å². The lowest BCUT2D eigenvalue weighted by atomic mass is 9.86. The highest BCUT2D eigenvalue weighted by Gasteiger charge is 2.25. The highest BCUT2D eigenvalue weighted by Crippen LogP contribution is 2.32. The largest absolute Gasteiger partial charge is 0.472 e. The Morgan fingerprint density at radius 1 is 1.28 bits per heavy atom. The first-order chi connectivity index (χ1) is 8.86. The fourth-order valence-corrected chi connectivity index (χ4v) is 2.54. The van der Waals surface area contributed by atoms with Crippen LogP contribution in [0.2, 0.25) is 0 Å². The molecule has 5 heteroatoms. The van der Waals surface area contributed by atoms with Crippen molar-refractivity contribution in [3.63, 3.8) is 0 Å². The van der Waals surface area contributed by atoms with E-state index in [0.29, 0.717) is 17.8 Å². The summed E-state index contributed by atoms with van der Waals surface area (Å²) in [5.74, 6) is 1.79. The Morgan fingerprint density at radius 3 is 2.78 bits per heavy atom. The third-order valence-corrected chi connectivity index (χ3v) is 3.71. The fraction of sp³-hybridized carbons (Fsp3) is 0.538. The van der Waals surface area contributed by atoms with Crippen LogP contribution in [0.1, 0.15) is 37.5 Å². The van der Waals surface area contributed by atoms with Gasteiger partial charge in [0, 0.05) is 12.0 Å². The van der Waals surface area contributed by atoms with Gasteiger partial charge in [0.05, 0.1) is 11.8 Å². The molecule has 0 atom stereocenters. The SMILES string of the molecule is CNC1CCC(c2nc(-c3ccoc3)no2)CC1. The Balaban J connectivity index is 1.71. The molecular weight excluding hydrogens is 230 g/mol. The van der Waals surface area contributed by atoms with Gasteiger partial charge in [-0.1, -0.05) is 5.16 Å². The molecule has 0 spiro atoms. The normalized spacial score (nSPS) is 24.3. The number of hydrogen-bond donors (Lipinski definition) is 1. The van der Waals surface area contributed by atoms with Crippen LogP contribution in [0.4, 0.5) is 0 Å². The van der Waals surface area contributed by atoms with Crippen molar-refractivity contribution in [3.05, 3.63) is 24.5 Å². The van der Waals surface area contributed by atoms with E-state index in [1.165, 1.54) is 12.8 Å². The Hall–Kier alpha value is -1.62. The average molecular weight is 247 g/mol. The maximum absolute atomic E-state index is 5.37. The minimum Gasteiger partial charge on any atom is -0.472 e. The molecule has 1 saturated carbocycles. The Morgan fingerprint density at radius 2 is 2.11 bits per heavy atom. The van der Waals surface area contributed by atoms with E-state index in [1.54, 1.807) is 12.5 Å². The highest BCUT2D eigenvalue weighted by atomic mass is 16.5. The fourth-order valence-electron chi connectivity index (χ4n) is 2.54. The Kier molecular flexibility index (Phi) is 3.15. The van der Waals surface area contributed by atoms with Gasteiger partial charge >= 0.3 is 0 Å². The van der Waals surface area contributed by atoms with Gasteiger partial charge in [0.25, 0.3) is 0 Å². The van der Waals surface area contributed by atoms with Crippen LogP contribution in [0.15, 0.2) is 27.5 Å². The maximum atomic E-state index is 5.37. The Bertz CT molecular complexity index is 484. The summed E-state index contributed by atoms with van der Waals surface area (Å²) < 4.78 is 10.4. The van der Waals surface area contributed by atoms with Crippen LogP contribution in [0.5, 0.6) is 0 Å². The van der Waals surface area contributed by atoms with Gasteiger partial charge in [0.1, 0.15) is 6.26 Å². The summed E-state index contributed by atoms with van der Waals surface area (Å²) in [6.45, 7) is 0. The molecule has 0 aliphatic heterocycles. The lowest BCUT2D eigenvalue weighted by Crippen LogP contribution is -2.29. The number of nitrogens with one attached hydrogen (secondary N) is 1. The number of rotatable bonds is 3. The molecule has 0 radical (unpaired) electrons. The van der Waals surface area contributed by atoms with Crippen LogP contribution in [0.3, 0.4) is 0 Å². The van der Waals surface area contributed by atoms with E-state index in [1.807, 2.05) is 13.1 Å². The van der Waals surface area contributed by atoms with E-state index in [0.717, 1.165) is 24.3 Å². The van der Waals surface area contributed by atoms with E-state index < -0.39 is 0 Å². The predicted molar refractivity (Wildman–Crippen MR) is 66.1 cm³/mol. The van der Waals surface area contributed by atoms with Gasteiger partial charge in [-0.2, -0.15) is 4.98 Å². The zero-order valence-electron chi connectivity index (χ0n) is 10.4. The van der Waals surface area contributed by atoms with Gasteiger partial charge in [-0.05, 0) is 38.8 Å². The predicted octanol–water partition coefficient (Wildman–Crippen LogP) is 2.58. The average Bonchev–Trinajstić information content (AvgIpc) is 3.09. The van der Waals surface area contributed by atoms with E-state index in [9.17, 15) is 0 Å². The first-order valence-electron chi connectivity index (χ1n) is 6.40. The summed E-state index contributed by atoms with van der Waals surface area (Å²) in [5, 5.41) is 7.34. The van der Waals surface area contributed by atoms with Crippen molar-refractivity contribution in [1.82, 2.24) is 15.5 Å². The molecule has 18 heavy (non-hydrogen) atoms. The topological polar surface area (TPSA) is 64.1 Å². The first kappa shape index (κ1) is 11.5. The number of hydrogen-bond acceptors (Lipinski definition) is 5. The molecule has 1 N–H and O–H groups in total. The zero-order chi connectivity index (χ0) is 12.4. The van der Waals surface area contributed by atoms with Crippen LogP contribution in [-0.4, -0.2) is 23.2 Å². The molecule has 0 bridgehead atoms. The molecule has 0 amide bonds. The summed E-state index contributed by atoms with van der Waals surface area (Å²) in [5.41, 5.74) is 0.869. The maximum Gasteiger partial charge on any atom is 0.230 e. The molecule has 1 aliphatic carbocycles. The highest BCUT2D eigenvalue weighted by molar-refractivity contribution is 5.51. The van der Waals surface area contributed by atoms with Crippen molar-refractivity contribution in [2.45, 2.75) is 37.6 Å². The molecule has 1 fully saturated rings. The molecule has 96 valence electrons. The van der Waals surface area contributed by atoms with Gasteiger partial charge in [-0.3, -0.25) is 0 Å². The molecule has 0 saturated heterocycles. The summed E-state index contributed by atoms with van der Waals surface area (Å²) in [6.07, 6.45) is 7.81. The van der Waals surface area contributed by atoms with E-state index in [2.05, 4.69) is 15.5 Å². The molecule has 3 rings (SSSR count).